The van der Waals surface area contributed by atoms with E-state index in [-0.39, 0.29) is 24.4 Å². The number of primary amides is 1. The first-order valence-electron chi connectivity index (χ1n) is 12.7. The van der Waals surface area contributed by atoms with Crippen LogP contribution in [0.3, 0.4) is 0 Å². The molecule has 1 heterocycles. The van der Waals surface area contributed by atoms with E-state index < -0.39 is 52.5 Å². The van der Waals surface area contributed by atoms with Crippen molar-refractivity contribution in [3.8, 4) is 0 Å². The predicted octanol–water partition coefficient (Wildman–Crippen LogP) is 2.15. The number of rotatable bonds is 10. The van der Waals surface area contributed by atoms with Crippen LogP contribution >= 0.6 is 11.6 Å². The molecule has 4 rings (SSSR count). The number of halogens is 1. The fourth-order valence-corrected chi connectivity index (χ4v) is 6.72. The summed E-state index contributed by atoms with van der Waals surface area (Å²) in [5, 5.41) is 12.4. The molecule has 1 unspecified atom stereocenters. The molecule has 0 aliphatic carbocycles. The summed E-state index contributed by atoms with van der Waals surface area (Å²) >= 11 is 6.03. The number of aliphatic hydroxyl groups is 1. The molecule has 3 aromatic carbocycles. The van der Waals surface area contributed by atoms with Crippen LogP contribution in [0.5, 0.6) is 0 Å². The zero-order chi connectivity index (χ0) is 29.2. The summed E-state index contributed by atoms with van der Waals surface area (Å²) in [6.07, 6.45) is -0.846. The van der Waals surface area contributed by atoms with E-state index in [0.29, 0.717) is 16.0 Å². The Balaban J connectivity index is 1.53. The van der Waals surface area contributed by atoms with Crippen molar-refractivity contribution in [3.63, 3.8) is 0 Å². The molecule has 10 nitrogen and oxygen atoms in total. The second kappa shape index (κ2) is 11.9. The maximum atomic E-state index is 13.7. The number of carbonyl (C=O) groups is 3. The van der Waals surface area contributed by atoms with Crippen LogP contribution in [-0.2, 0) is 24.4 Å². The highest BCUT2D eigenvalue weighted by Crippen LogP contribution is 2.29. The van der Waals surface area contributed by atoms with Crippen molar-refractivity contribution in [1.82, 2.24) is 14.1 Å². The summed E-state index contributed by atoms with van der Waals surface area (Å²) in [5.41, 5.74) is 6.05. The molecule has 0 saturated carbocycles. The summed E-state index contributed by atoms with van der Waals surface area (Å²) in [7, 11) is -2.80. The highest BCUT2D eigenvalue weighted by molar-refractivity contribution is 7.89. The molecule has 3 N–H and O–H groups in total. The molecule has 3 amide bonds. The topological polar surface area (TPSA) is 141 Å². The van der Waals surface area contributed by atoms with Gasteiger partial charge in [-0.2, -0.15) is 4.31 Å². The third kappa shape index (κ3) is 6.12. The molecule has 0 bridgehead atoms. The standard InChI is InChI=1S/C28H31ClN4O6S/c1-18(27(36)31(2)16-25(34)19-6-4-3-5-7-19)32-13-12-24(28(32)37)33(17-26(30)35)40(38,39)23-11-9-20-14-22(29)10-8-21(20)15-23/h3-11,14-15,18,24-25,34H,12-13,16-17H2,1-2H3,(H2,30,35)/t18-,24-,25?/m0/s1. The molecule has 1 fully saturated rings. The molecule has 0 aromatic heterocycles. The van der Waals surface area contributed by atoms with E-state index in [0.717, 1.165) is 9.69 Å². The third-order valence-electron chi connectivity index (χ3n) is 7.08. The molecule has 212 valence electrons. The lowest BCUT2D eigenvalue weighted by Gasteiger charge is -2.30. The van der Waals surface area contributed by atoms with Gasteiger partial charge in [0.1, 0.15) is 12.1 Å². The monoisotopic (exact) mass is 586 g/mol. The molecule has 0 radical (unpaired) electrons. The number of likely N-dealkylation sites (N-methyl/N-ethyl adjacent to an activating group) is 1. The van der Waals surface area contributed by atoms with Gasteiger partial charge in [0.15, 0.2) is 0 Å². The van der Waals surface area contributed by atoms with Crippen molar-refractivity contribution in [2.45, 2.75) is 36.4 Å². The first kappa shape index (κ1) is 29.5. The zero-order valence-corrected chi connectivity index (χ0v) is 23.7. The summed E-state index contributed by atoms with van der Waals surface area (Å²) in [6.45, 7) is 0.965. The molecule has 1 aliphatic heterocycles. The SMILES string of the molecule is C[C@@H](C(=O)N(C)CC(O)c1ccccc1)N1CC[C@H](N(CC(N)=O)S(=O)(=O)c2ccc3cc(Cl)ccc3c2)C1=O. The maximum Gasteiger partial charge on any atom is 0.244 e. The Morgan fingerprint density at radius 2 is 1.75 bits per heavy atom. The normalized spacial score (nSPS) is 17.3. The number of nitrogens with zero attached hydrogens (tertiary/aromatic N) is 3. The molecule has 40 heavy (non-hydrogen) atoms. The smallest absolute Gasteiger partial charge is 0.244 e. The van der Waals surface area contributed by atoms with Gasteiger partial charge in [0, 0.05) is 18.6 Å². The number of likely N-dealkylation sites (tertiary alicyclic amines) is 1. The fraction of sp³-hybridized carbons (Fsp3) is 0.321. The predicted molar refractivity (Wildman–Crippen MR) is 151 cm³/mol. The van der Waals surface area contributed by atoms with Crippen LogP contribution in [0.4, 0.5) is 0 Å². The Kier molecular flexibility index (Phi) is 8.79. The van der Waals surface area contributed by atoms with Crippen LogP contribution in [0.2, 0.25) is 5.02 Å². The second-order valence-electron chi connectivity index (χ2n) is 9.83. The van der Waals surface area contributed by atoms with E-state index in [1.54, 1.807) is 55.5 Å². The average Bonchev–Trinajstić information content (AvgIpc) is 3.31. The van der Waals surface area contributed by atoms with E-state index in [1.807, 2.05) is 6.07 Å². The number of hydrogen-bond donors (Lipinski definition) is 2. The van der Waals surface area contributed by atoms with Gasteiger partial charge in [0.25, 0.3) is 0 Å². The van der Waals surface area contributed by atoms with Crippen LogP contribution < -0.4 is 5.73 Å². The summed E-state index contributed by atoms with van der Waals surface area (Å²) in [5.74, 6) is -1.93. The lowest BCUT2D eigenvalue weighted by Crippen LogP contribution is -2.52. The largest absolute Gasteiger partial charge is 0.387 e. The number of fused-ring (bicyclic) bond motifs is 1. The lowest BCUT2D eigenvalue weighted by molar-refractivity contribution is -0.144. The van der Waals surface area contributed by atoms with Gasteiger partial charge < -0.3 is 20.6 Å². The number of benzene rings is 3. The van der Waals surface area contributed by atoms with Gasteiger partial charge in [-0.05, 0) is 53.9 Å². The van der Waals surface area contributed by atoms with E-state index in [9.17, 15) is 27.9 Å². The van der Waals surface area contributed by atoms with Crippen LogP contribution in [0, 0.1) is 0 Å². The first-order chi connectivity index (χ1) is 18.9. The van der Waals surface area contributed by atoms with Crippen molar-refractivity contribution >= 4 is 50.1 Å². The minimum absolute atomic E-state index is 0.00794. The van der Waals surface area contributed by atoms with Crippen molar-refractivity contribution < 1.29 is 27.9 Å². The Hall–Kier alpha value is -3.51. The van der Waals surface area contributed by atoms with Gasteiger partial charge in [-0.1, -0.05) is 54.1 Å². The number of amides is 3. The summed E-state index contributed by atoms with van der Waals surface area (Å²) in [4.78, 5) is 41.1. The molecule has 3 atom stereocenters. The van der Waals surface area contributed by atoms with Crippen molar-refractivity contribution in [1.29, 1.82) is 0 Å². The Labute approximate surface area is 238 Å². The van der Waals surface area contributed by atoms with Crippen molar-refractivity contribution in [2.24, 2.45) is 5.73 Å². The van der Waals surface area contributed by atoms with Gasteiger partial charge >= 0.3 is 0 Å². The third-order valence-corrected chi connectivity index (χ3v) is 9.17. The number of aliphatic hydroxyl groups excluding tert-OH is 1. The Bertz CT molecular complexity index is 1530. The Morgan fingerprint density at radius 3 is 2.42 bits per heavy atom. The van der Waals surface area contributed by atoms with Crippen LogP contribution in [-0.4, -0.2) is 84.1 Å². The number of sulfonamides is 1. The van der Waals surface area contributed by atoms with Crippen LogP contribution in [0.15, 0.2) is 71.6 Å². The minimum Gasteiger partial charge on any atom is -0.387 e. The van der Waals surface area contributed by atoms with E-state index >= 15 is 0 Å². The average molecular weight is 587 g/mol. The molecular formula is C28H31ClN4O6S. The highest BCUT2D eigenvalue weighted by Gasteiger charge is 2.45. The fourth-order valence-electron chi connectivity index (χ4n) is 4.93. The van der Waals surface area contributed by atoms with Crippen LogP contribution in [0.25, 0.3) is 10.8 Å². The minimum atomic E-state index is -4.32. The van der Waals surface area contributed by atoms with Gasteiger partial charge in [-0.3, -0.25) is 14.4 Å². The van der Waals surface area contributed by atoms with Crippen LogP contribution in [0.1, 0.15) is 25.0 Å². The molecular weight excluding hydrogens is 556 g/mol. The quantitative estimate of drug-likeness (QED) is 0.373. The summed E-state index contributed by atoms with van der Waals surface area (Å²) < 4.78 is 28.2. The van der Waals surface area contributed by atoms with E-state index in [1.165, 1.54) is 29.0 Å². The van der Waals surface area contributed by atoms with Gasteiger partial charge in [0.2, 0.25) is 27.7 Å². The number of carbonyl (C=O) groups excluding carboxylic acids is 3. The summed E-state index contributed by atoms with van der Waals surface area (Å²) in [6, 6.07) is 16.2. The molecule has 0 spiro atoms. The zero-order valence-electron chi connectivity index (χ0n) is 22.1. The number of nitrogens with two attached hydrogens (primary N) is 1. The first-order valence-corrected chi connectivity index (χ1v) is 14.5. The van der Waals surface area contributed by atoms with Crippen molar-refractivity contribution in [3.05, 3.63) is 77.3 Å². The van der Waals surface area contributed by atoms with Gasteiger partial charge in [-0.25, -0.2) is 8.42 Å². The van der Waals surface area contributed by atoms with E-state index in [2.05, 4.69) is 0 Å². The van der Waals surface area contributed by atoms with Gasteiger partial charge in [0.05, 0.1) is 24.1 Å². The molecule has 3 aromatic rings. The lowest BCUT2D eigenvalue weighted by atomic mass is 10.1. The molecule has 12 heteroatoms. The maximum absolute atomic E-state index is 13.7. The molecule has 1 aliphatic rings. The number of hydrogen-bond acceptors (Lipinski definition) is 6. The van der Waals surface area contributed by atoms with E-state index in [4.69, 9.17) is 17.3 Å². The van der Waals surface area contributed by atoms with Gasteiger partial charge in [-0.15, -0.1) is 0 Å². The second-order valence-corrected chi connectivity index (χ2v) is 12.2. The van der Waals surface area contributed by atoms with Crippen molar-refractivity contribution in [2.75, 3.05) is 26.7 Å². The molecule has 1 saturated heterocycles. The Morgan fingerprint density at radius 1 is 1.10 bits per heavy atom. The highest BCUT2D eigenvalue weighted by atomic mass is 35.5.